The molecular formula is C19H23FN2O3S. The molecule has 0 aliphatic rings. The number of carbonyl (C=O) groups is 1. The van der Waals surface area contributed by atoms with Crippen LogP contribution in [0.1, 0.15) is 33.3 Å². The zero-order valence-corrected chi connectivity index (χ0v) is 16.0. The predicted octanol–water partition coefficient (Wildman–Crippen LogP) is 3.43. The molecule has 0 saturated heterocycles. The van der Waals surface area contributed by atoms with Gasteiger partial charge in [-0.2, -0.15) is 4.72 Å². The second-order valence-corrected chi connectivity index (χ2v) is 8.77. The minimum absolute atomic E-state index is 0.00871. The molecule has 2 aromatic carbocycles. The van der Waals surface area contributed by atoms with Crippen LogP contribution in [0.2, 0.25) is 0 Å². The van der Waals surface area contributed by atoms with Crippen LogP contribution >= 0.6 is 0 Å². The molecule has 0 unspecified atom stereocenters. The molecule has 2 rings (SSSR count). The molecule has 0 aliphatic carbocycles. The van der Waals surface area contributed by atoms with Crippen LogP contribution in [0.5, 0.6) is 0 Å². The third-order valence-electron chi connectivity index (χ3n) is 3.87. The highest BCUT2D eigenvalue weighted by atomic mass is 32.2. The minimum Gasteiger partial charge on any atom is -0.325 e. The molecule has 5 nitrogen and oxygen atoms in total. The zero-order valence-electron chi connectivity index (χ0n) is 15.2. The van der Waals surface area contributed by atoms with Gasteiger partial charge in [0, 0.05) is 5.69 Å². The standard InChI is InChI=1S/C19H23FN2O3S/c1-13(22-26(24,25)17-8-6-5-7-16(17)20)18(23)21-15-11-9-14(10-12-15)19(2,3)4/h5-13,22H,1-4H3,(H,21,23)/t13-/m1/s1. The highest BCUT2D eigenvalue weighted by Crippen LogP contribution is 2.23. The van der Waals surface area contributed by atoms with Crippen molar-refractivity contribution in [1.82, 2.24) is 4.72 Å². The second-order valence-electron chi connectivity index (χ2n) is 7.09. The molecule has 0 radical (unpaired) electrons. The zero-order chi connectivity index (χ0) is 19.5. The lowest BCUT2D eigenvalue weighted by molar-refractivity contribution is -0.117. The van der Waals surface area contributed by atoms with E-state index in [2.05, 4.69) is 30.8 Å². The molecule has 1 atom stereocenters. The molecule has 0 saturated carbocycles. The van der Waals surface area contributed by atoms with Crippen LogP contribution in [0.3, 0.4) is 0 Å². The van der Waals surface area contributed by atoms with Gasteiger partial charge in [0.05, 0.1) is 6.04 Å². The van der Waals surface area contributed by atoms with Crippen LogP contribution in [-0.4, -0.2) is 20.4 Å². The van der Waals surface area contributed by atoms with Gasteiger partial charge in [-0.3, -0.25) is 4.79 Å². The van der Waals surface area contributed by atoms with Gasteiger partial charge in [-0.25, -0.2) is 12.8 Å². The molecule has 0 spiro atoms. The van der Waals surface area contributed by atoms with E-state index in [0.717, 1.165) is 17.7 Å². The van der Waals surface area contributed by atoms with Crippen molar-refractivity contribution in [3.05, 3.63) is 59.9 Å². The van der Waals surface area contributed by atoms with Crippen LogP contribution < -0.4 is 10.0 Å². The van der Waals surface area contributed by atoms with Crippen molar-refractivity contribution >= 4 is 21.6 Å². The molecule has 26 heavy (non-hydrogen) atoms. The lowest BCUT2D eigenvalue weighted by Crippen LogP contribution is -2.41. The number of amides is 1. The first-order chi connectivity index (χ1) is 12.0. The van der Waals surface area contributed by atoms with Gasteiger partial charge < -0.3 is 5.32 Å². The summed E-state index contributed by atoms with van der Waals surface area (Å²) in [6.07, 6.45) is 0. The van der Waals surface area contributed by atoms with Gasteiger partial charge in [-0.05, 0) is 42.2 Å². The highest BCUT2D eigenvalue weighted by Gasteiger charge is 2.24. The van der Waals surface area contributed by atoms with Crippen LogP contribution in [0.15, 0.2) is 53.4 Å². The smallest absolute Gasteiger partial charge is 0.244 e. The number of hydrogen-bond donors (Lipinski definition) is 2. The first-order valence-electron chi connectivity index (χ1n) is 8.19. The summed E-state index contributed by atoms with van der Waals surface area (Å²) in [6, 6.07) is 11.3. The Labute approximate surface area is 153 Å². The second kappa shape index (κ2) is 7.55. The summed E-state index contributed by atoms with van der Waals surface area (Å²) >= 11 is 0. The Morgan fingerprint density at radius 2 is 1.62 bits per heavy atom. The summed E-state index contributed by atoms with van der Waals surface area (Å²) in [7, 11) is -4.14. The fourth-order valence-electron chi connectivity index (χ4n) is 2.32. The SMILES string of the molecule is C[C@@H](NS(=O)(=O)c1ccccc1F)C(=O)Nc1ccc(C(C)(C)C)cc1. The normalized spacial score (nSPS) is 13.3. The fourth-order valence-corrected chi connectivity index (χ4v) is 3.60. The monoisotopic (exact) mass is 378 g/mol. The number of halogens is 1. The van der Waals surface area contributed by atoms with Crippen molar-refractivity contribution in [2.24, 2.45) is 0 Å². The fraction of sp³-hybridized carbons (Fsp3) is 0.316. The van der Waals surface area contributed by atoms with E-state index in [-0.39, 0.29) is 5.41 Å². The Morgan fingerprint density at radius 3 is 2.15 bits per heavy atom. The topological polar surface area (TPSA) is 75.3 Å². The first-order valence-corrected chi connectivity index (χ1v) is 9.67. The van der Waals surface area contributed by atoms with E-state index in [1.54, 1.807) is 12.1 Å². The van der Waals surface area contributed by atoms with Crippen LogP contribution in [0.4, 0.5) is 10.1 Å². The largest absolute Gasteiger partial charge is 0.325 e. The van der Waals surface area contributed by atoms with E-state index in [1.165, 1.54) is 19.1 Å². The predicted molar refractivity (Wildman–Crippen MR) is 100.0 cm³/mol. The number of anilines is 1. The molecule has 0 heterocycles. The van der Waals surface area contributed by atoms with Gasteiger partial charge in [0.15, 0.2) is 0 Å². The average Bonchev–Trinajstić information content (AvgIpc) is 2.54. The third-order valence-corrected chi connectivity index (χ3v) is 5.44. The van der Waals surface area contributed by atoms with Crippen molar-refractivity contribution in [2.75, 3.05) is 5.32 Å². The van der Waals surface area contributed by atoms with Gasteiger partial charge in [0.1, 0.15) is 10.7 Å². The Bertz CT molecular complexity index is 888. The van der Waals surface area contributed by atoms with E-state index >= 15 is 0 Å². The number of benzene rings is 2. The van der Waals surface area contributed by atoms with Crippen LogP contribution in [-0.2, 0) is 20.2 Å². The average molecular weight is 378 g/mol. The summed E-state index contributed by atoms with van der Waals surface area (Å²) in [5.41, 5.74) is 1.66. The molecular weight excluding hydrogens is 355 g/mol. The summed E-state index contributed by atoms with van der Waals surface area (Å²) in [6.45, 7) is 7.65. The lowest BCUT2D eigenvalue weighted by atomic mass is 9.87. The maximum atomic E-state index is 13.7. The van der Waals surface area contributed by atoms with Gasteiger partial charge >= 0.3 is 0 Å². The highest BCUT2D eigenvalue weighted by molar-refractivity contribution is 7.89. The summed E-state index contributed by atoms with van der Waals surface area (Å²) in [5, 5.41) is 2.65. The number of sulfonamides is 1. The van der Waals surface area contributed by atoms with Gasteiger partial charge in [0.25, 0.3) is 0 Å². The number of rotatable bonds is 5. The maximum Gasteiger partial charge on any atom is 0.244 e. The molecule has 1 amide bonds. The molecule has 0 aromatic heterocycles. The molecule has 2 N–H and O–H groups in total. The molecule has 0 aliphatic heterocycles. The van der Waals surface area contributed by atoms with Crippen LogP contribution in [0, 0.1) is 5.82 Å². The van der Waals surface area contributed by atoms with Crippen molar-refractivity contribution in [3.8, 4) is 0 Å². The van der Waals surface area contributed by atoms with Gasteiger partial charge in [-0.1, -0.05) is 45.0 Å². The summed E-state index contributed by atoms with van der Waals surface area (Å²) < 4.78 is 40.4. The Kier molecular flexibility index (Phi) is 5.83. The maximum absolute atomic E-state index is 13.7. The summed E-state index contributed by atoms with van der Waals surface area (Å²) in [4.78, 5) is 11.8. The Hall–Kier alpha value is -2.25. The Balaban J connectivity index is 2.07. The number of carbonyl (C=O) groups excluding carboxylic acids is 1. The third kappa shape index (κ3) is 4.89. The van der Waals surface area contributed by atoms with Crippen LogP contribution in [0.25, 0.3) is 0 Å². The van der Waals surface area contributed by atoms with Gasteiger partial charge in [-0.15, -0.1) is 0 Å². The minimum atomic E-state index is -4.14. The van der Waals surface area contributed by atoms with Crippen molar-refractivity contribution in [2.45, 2.75) is 44.0 Å². The van der Waals surface area contributed by atoms with Crippen molar-refractivity contribution < 1.29 is 17.6 Å². The lowest BCUT2D eigenvalue weighted by Gasteiger charge is -2.19. The molecule has 0 fully saturated rings. The van der Waals surface area contributed by atoms with E-state index in [0.29, 0.717) is 5.69 Å². The number of nitrogens with one attached hydrogen (secondary N) is 2. The van der Waals surface area contributed by atoms with E-state index in [1.807, 2.05) is 12.1 Å². The number of hydrogen-bond acceptors (Lipinski definition) is 3. The van der Waals surface area contributed by atoms with Gasteiger partial charge in [0.2, 0.25) is 15.9 Å². The quantitative estimate of drug-likeness (QED) is 0.837. The van der Waals surface area contributed by atoms with E-state index in [4.69, 9.17) is 0 Å². The summed E-state index contributed by atoms with van der Waals surface area (Å²) in [5.74, 6) is -1.40. The Morgan fingerprint density at radius 1 is 1.04 bits per heavy atom. The first kappa shape index (κ1) is 20.1. The van der Waals surface area contributed by atoms with Crippen molar-refractivity contribution in [1.29, 1.82) is 0 Å². The van der Waals surface area contributed by atoms with E-state index in [9.17, 15) is 17.6 Å². The molecule has 140 valence electrons. The molecule has 2 aromatic rings. The molecule has 7 heteroatoms. The molecule has 0 bridgehead atoms. The van der Waals surface area contributed by atoms with E-state index < -0.39 is 32.7 Å². The van der Waals surface area contributed by atoms with Crippen molar-refractivity contribution in [3.63, 3.8) is 0 Å².